The zero-order chi connectivity index (χ0) is 15.0. The Bertz CT molecular complexity index is 711. The van der Waals surface area contributed by atoms with Gasteiger partial charge in [0.05, 0.1) is 23.6 Å². The number of amides is 1. The average Bonchev–Trinajstić information content (AvgIpc) is 3.05. The smallest absolute Gasteiger partial charge is 0.292 e. The molecule has 1 amide bonds. The maximum atomic E-state index is 11.4. The SMILES string of the molecule is CC(Nc1cc2c(cc1[N+](=O)[O-])CC(=O)N2)c1cn[nH]c1. The van der Waals surface area contributed by atoms with Crippen molar-refractivity contribution < 1.29 is 9.72 Å². The summed E-state index contributed by atoms with van der Waals surface area (Å²) in [6, 6.07) is 2.89. The van der Waals surface area contributed by atoms with E-state index in [0.29, 0.717) is 16.9 Å². The summed E-state index contributed by atoms with van der Waals surface area (Å²) >= 11 is 0. The number of hydrogen-bond donors (Lipinski definition) is 3. The quantitative estimate of drug-likeness (QED) is 0.588. The molecule has 8 heteroatoms. The van der Waals surface area contributed by atoms with Gasteiger partial charge in [0.1, 0.15) is 5.69 Å². The van der Waals surface area contributed by atoms with Crippen LogP contribution in [-0.4, -0.2) is 21.0 Å². The molecule has 1 aliphatic heterocycles. The number of nitro groups is 1. The van der Waals surface area contributed by atoms with Crippen molar-refractivity contribution in [1.82, 2.24) is 10.2 Å². The molecule has 8 nitrogen and oxygen atoms in total. The molecule has 1 aromatic carbocycles. The summed E-state index contributed by atoms with van der Waals surface area (Å²) in [6.07, 6.45) is 3.55. The van der Waals surface area contributed by atoms with Gasteiger partial charge < -0.3 is 10.6 Å². The summed E-state index contributed by atoms with van der Waals surface area (Å²) in [4.78, 5) is 22.1. The first kappa shape index (κ1) is 13.1. The number of benzene rings is 1. The Hall–Kier alpha value is -2.90. The van der Waals surface area contributed by atoms with Crippen LogP contribution in [0.1, 0.15) is 24.1 Å². The van der Waals surface area contributed by atoms with Crippen LogP contribution in [0.2, 0.25) is 0 Å². The van der Waals surface area contributed by atoms with Crippen LogP contribution in [0.3, 0.4) is 0 Å². The van der Waals surface area contributed by atoms with Crippen molar-refractivity contribution in [2.75, 3.05) is 10.6 Å². The number of carbonyl (C=O) groups excluding carboxylic acids is 1. The molecule has 0 bridgehead atoms. The highest BCUT2D eigenvalue weighted by Gasteiger charge is 2.25. The second kappa shape index (κ2) is 4.89. The molecule has 1 unspecified atom stereocenters. The number of carbonyl (C=O) groups is 1. The monoisotopic (exact) mass is 287 g/mol. The second-order valence-corrected chi connectivity index (χ2v) is 4.91. The van der Waals surface area contributed by atoms with E-state index in [9.17, 15) is 14.9 Å². The Labute approximate surface area is 119 Å². The maximum Gasteiger partial charge on any atom is 0.292 e. The predicted molar refractivity (Wildman–Crippen MR) is 76.1 cm³/mol. The normalized spacial score (nSPS) is 14.4. The fourth-order valence-corrected chi connectivity index (χ4v) is 2.34. The zero-order valence-corrected chi connectivity index (χ0v) is 11.2. The minimum absolute atomic E-state index is 0.0411. The first-order valence-electron chi connectivity index (χ1n) is 6.41. The predicted octanol–water partition coefficient (Wildman–Crippen LogP) is 1.99. The van der Waals surface area contributed by atoms with E-state index in [1.807, 2.05) is 6.92 Å². The maximum absolute atomic E-state index is 11.4. The molecule has 2 heterocycles. The number of hydrogen-bond acceptors (Lipinski definition) is 5. The number of nitrogens with one attached hydrogen (secondary N) is 3. The van der Waals surface area contributed by atoms with Crippen molar-refractivity contribution >= 4 is 23.0 Å². The molecule has 2 aromatic rings. The van der Waals surface area contributed by atoms with Crippen molar-refractivity contribution in [3.05, 3.63) is 45.8 Å². The second-order valence-electron chi connectivity index (χ2n) is 4.91. The molecular formula is C13H13N5O3. The van der Waals surface area contributed by atoms with E-state index in [1.54, 1.807) is 18.5 Å². The largest absolute Gasteiger partial charge is 0.373 e. The summed E-state index contributed by atoms with van der Waals surface area (Å²) < 4.78 is 0. The highest BCUT2D eigenvalue weighted by atomic mass is 16.6. The zero-order valence-electron chi connectivity index (χ0n) is 11.2. The molecule has 1 aromatic heterocycles. The highest BCUT2D eigenvalue weighted by molar-refractivity contribution is 6.00. The summed E-state index contributed by atoms with van der Waals surface area (Å²) in [6.45, 7) is 1.88. The number of nitrogens with zero attached hydrogens (tertiary/aromatic N) is 2. The molecule has 21 heavy (non-hydrogen) atoms. The van der Waals surface area contributed by atoms with Crippen molar-refractivity contribution in [2.24, 2.45) is 0 Å². The van der Waals surface area contributed by atoms with E-state index < -0.39 is 4.92 Å². The lowest BCUT2D eigenvalue weighted by Gasteiger charge is -2.14. The Morgan fingerprint density at radius 2 is 2.29 bits per heavy atom. The van der Waals surface area contributed by atoms with Crippen LogP contribution < -0.4 is 10.6 Å². The van der Waals surface area contributed by atoms with Crippen molar-refractivity contribution in [3.63, 3.8) is 0 Å². The van der Waals surface area contributed by atoms with Gasteiger partial charge in [-0.25, -0.2) is 0 Å². The number of fused-ring (bicyclic) bond motifs is 1. The third-order valence-electron chi connectivity index (χ3n) is 3.43. The van der Waals surface area contributed by atoms with Crippen LogP contribution in [-0.2, 0) is 11.2 Å². The third kappa shape index (κ3) is 2.42. The molecule has 108 valence electrons. The molecule has 0 radical (unpaired) electrons. The van der Waals surface area contributed by atoms with Crippen LogP contribution in [0.5, 0.6) is 0 Å². The molecule has 0 spiro atoms. The molecule has 0 fully saturated rings. The van der Waals surface area contributed by atoms with Crippen LogP contribution in [0.4, 0.5) is 17.1 Å². The van der Waals surface area contributed by atoms with Gasteiger partial charge in [0.15, 0.2) is 0 Å². The minimum Gasteiger partial charge on any atom is -0.373 e. The average molecular weight is 287 g/mol. The van der Waals surface area contributed by atoms with E-state index in [0.717, 1.165) is 5.56 Å². The summed E-state index contributed by atoms with van der Waals surface area (Å²) in [5.41, 5.74) is 2.48. The summed E-state index contributed by atoms with van der Waals surface area (Å²) in [7, 11) is 0. The van der Waals surface area contributed by atoms with Gasteiger partial charge in [-0.3, -0.25) is 20.0 Å². The molecule has 0 aliphatic carbocycles. The van der Waals surface area contributed by atoms with Crippen LogP contribution in [0, 0.1) is 10.1 Å². The Balaban J connectivity index is 1.95. The van der Waals surface area contributed by atoms with Gasteiger partial charge in [-0.05, 0) is 18.6 Å². The topological polar surface area (TPSA) is 113 Å². The van der Waals surface area contributed by atoms with Gasteiger partial charge >= 0.3 is 0 Å². The first-order chi connectivity index (χ1) is 10.0. The van der Waals surface area contributed by atoms with E-state index in [4.69, 9.17) is 0 Å². The van der Waals surface area contributed by atoms with E-state index in [-0.39, 0.29) is 24.1 Å². The van der Waals surface area contributed by atoms with Crippen LogP contribution in [0.25, 0.3) is 0 Å². The van der Waals surface area contributed by atoms with Crippen LogP contribution in [0.15, 0.2) is 24.5 Å². The Morgan fingerprint density at radius 3 is 2.95 bits per heavy atom. The highest BCUT2D eigenvalue weighted by Crippen LogP contribution is 2.36. The van der Waals surface area contributed by atoms with E-state index >= 15 is 0 Å². The summed E-state index contributed by atoms with van der Waals surface area (Å²) in [5.74, 6) is -0.153. The number of H-pyrrole nitrogens is 1. The number of rotatable bonds is 4. The van der Waals surface area contributed by atoms with Gasteiger partial charge in [-0.2, -0.15) is 5.10 Å². The number of aromatic nitrogens is 2. The van der Waals surface area contributed by atoms with Crippen molar-refractivity contribution in [1.29, 1.82) is 0 Å². The molecule has 0 saturated heterocycles. The first-order valence-corrected chi connectivity index (χ1v) is 6.41. The lowest BCUT2D eigenvalue weighted by Crippen LogP contribution is -2.08. The Kier molecular flexibility index (Phi) is 3.05. The fraction of sp³-hybridized carbons (Fsp3) is 0.231. The fourth-order valence-electron chi connectivity index (χ4n) is 2.34. The molecular weight excluding hydrogens is 274 g/mol. The lowest BCUT2D eigenvalue weighted by molar-refractivity contribution is -0.384. The summed E-state index contributed by atoms with van der Waals surface area (Å²) in [5, 5.41) is 23.5. The van der Waals surface area contributed by atoms with Crippen molar-refractivity contribution in [3.8, 4) is 0 Å². The van der Waals surface area contributed by atoms with Crippen LogP contribution >= 0.6 is 0 Å². The molecule has 3 rings (SSSR count). The molecule has 1 aliphatic rings. The van der Waals surface area contributed by atoms with Crippen molar-refractivity contribution in [2.45, 2.75) is 19.4 Å². The lowest BCUT2D eigenvalue weighted by atomic mass is 10.1. The van der Waals surface area contributed by atoms with E-state index in [1.165, 1.54) is 6.07 Å². The van der Waals surface area contributed by atoms with Gasteiger partial charge in [0.2, 0.25) is 5.91 Å². The molecule has 1 atom stereocenters. The van der Waals surface area contributed by atoms with Gasteiger partial charge in [0, 0.05) is 23.5 Å². The van der Waals surface area contributed by atoms with Gasteiger partial charge in [-0.15, -0.1) is 0 Å². The Morgan fingerprint density at radius 1 is 1.48 bits per heavy atom. The number of anilines is 2. The van der Waals surface area contributed by atoms with Gasteiger partial charge in [-0.1, -0.05) is 0 Å². The van der Waals surface area contributed by atoms with E-state index in [2.05, 4.69) is 20.8 Å². The van der Waals surface area contributed by atoms with Gasteiger partial charge in [0.25, 0.3) is 5.69 Å². The number of aromatic amines is 1. The molecule has 3 N–H and O–H groups in total. The third-order valence-corrected chi connectivity index (χ3v) is 3.43. The number of nitro benzene ring substituents is 1. The standard InChI is InChI=1S/C13H13N5O3/c1-7(9-5-14-15-6-9)16-11-4-10-8(3-13(19)17-10)2-12(11)18(20)21/h2,4-7,16H,3H2,1H3,(H,14,15)(H,17,19). The minimum atomic E-state index is -0.451. The molecule has 0 saturated carbocycles.